The quantitative estimate of drug-likeness (QED) is 0.330. The van der Waals surface area contributed by atoms with Crippen molar-refractivity contribution in [3.8, 4) is 0 Å². The smallest absolute Gasteiger partial charge is 0.330 e. The number of carboxylic acids is 1. The first-order chi connectivity index (χ1) is 16.1. The van der Waals surface area contributed by atoms with Crippen molar-refractivity contribution in [3.63, 3.8) is 0 Å². The van der Waals surface area contributed by atoms with Crippen LogP contribution in [0.3, 0.4) is 0 Å². The molecule has 2 N–H and O–H groups in total. The number of hydrogen-bond donors (Lipinski definition) is 2. The zero-order valence-electron chi connectivity index (χ0n) is 18.4. The first-order valence-electron chi connectivity index (χ1n) is 10.7. The van der Waals surface area contributed by atoms with Crippen LogP contribution < -0.4 is 38.2 Å². The van der Waals surface area contributed by atoms with E-state index in [2.05, 4.69) is 41.7 Å². The van der Waals surface area contributed by atoms with Gasteiger partial charge in [0, 0.05) is 5.56 Å². The van der Waals surface area contributed by atoms with Crippen LogP contribution in [0.5, 0.6) is 0 Å². The Hall–Kier alpha value is -3.27. The number of carbonyl (C=O) groups excluding carboxylic acids is 1. The normalized spacial score (nSPS) is 11.6. The van der Waals surface area contributed by atoms with Crippen molar-refractivity contribution in [2.24, 2.45) is 0 Å². The first kappa shape index (κ1) is 25.4. The van der Waals surface area contributed by atoms with E-state index in [1.807, 2.05) is 60.7 Å². The van der Waals surface area contributed by atoms with Crippen molar-refractivity contribution in [1.82, 2.24) is 5.32 Å². The van der Waals surface area contributed by atoms with Crippen LogP contribution in [0.15, 0.2) is 121 Å². The van der Waals surface area contributed by atoms with Gasteiger partial charge in [0.1, 0.15) is 29.3 Å². The van der Waals surface area contributed by atoms with E-state index in [9.17, 15) is 14.7 Å². The second kappa shape index (κ2) is 11.7. The fourth-order valence-corrected chi connectivity index (χ4v) is 8.47. The van der Waals surface area contributed by atoms with Gasteiger partial charge in [0.25, 0.3) is 5.91 Å². The number of rotatable bonds is 8. The highest BCUT2D eigenvalue weighted by Gasteiger charge is 2.48. The van der Waals surface area contributed by atoms with Crippen LogP contribution in [0, 0.1) is 0 Å². The van der Waals surface area contributed by atoms with E-state index in [1.165, 1.54) is 0 Å². The number of benzene rings is 4. The van der Waals surface area contributed by atoms with E-state index in [-0.39, 0.29) is 23.1 Å². The third kappa shape index (κ3) is 5.44. The van der Waals surface area contributed by atoms with E-state index < -0.39 is 25.2 Å². The van der Waals surface area contributed by atoms with Gasteiger partial charge in [-0.05, 0) is 48.5 Å². The van der Waals surface area contributed by atoms with Crippen LogP contribution in [-0.2, 0) is 4.79 Å². The molecule has 0 aliphatic rings. The molecule has 172 valence electrons. The van der Waals surface area contributed by atoms with Crippen LogP contribution in [0.2, 0.25) is 0 Å². The zero-order chi connectivity index (χ0) is 23.1. The Morgan fingerprint density at radius 2 is 1.00 bits per heavy atom. The standard InChI is InChI=1S/C28H24NO3P.BrH/c30-27(22-13-5-1-6-14-22)29-26(28(31)32)21-33(23-15-7-2-8-16-23,24-17-9-3-10-18-24)25-19-11-4-12-20-25;/h1-20,26H,21H2,(H-,29,30,31,32);1H/t26-;/m1./s1. The number of carboxylic acid groups (broad SMARTS) is 1. The number of carbonyl (C=O) groups is 2. The largest absolute Gasteiger partial charge is 1.00 e. The average Bonchev–Trinajstić information content (AvgIpc) is 2.88. The van der Waals surface area contributed by atoms with Crippen LogP contribution in [0.1, 0.15) is 10.4 Å². The predicted octanol–water partition coefficient (Wildman–Crippen LogP) is 0.868. The van der Waals surface area contributed by atoms with E-state index >= 15 is 0 Å². The van der Waals surface area contributed by atoms with Crippen LogP contribution >= 0.6 is 7.26 Å². The molecule has 1 atom stereocenters. The third-order valence-electron chi connectivity index (χ3n) is 5.69. The molecule has 4 aromatic rings. The van der Waals surface area contributed by atoms with Crippen molar-refractivity contribution >= 4 is 35.1 Å². The molecule has 0 unspecified atom stereocenters. The van der Waals surface area contributed by atoms with Crippen LogP contribution in [0.4, 0.5) is 0 Å². The molecule has 0 saturated heterocycles. The minimum atomic E-state index is -2.41. The van der Waals surface area contributed by atoms with Gasteiger partial charge in [-0.2, -0.15) is 0 Å². The molecule has 0 radical (unpaired) electrons. The number of amides is 1. The van der Waals surface area contributed by atoms with Crippen molar-refractivity contribution in [1.29, 1.82) is 0 Å². The number of nitrogens with one attached hydrogen (secondary N) is 1. The topological polar surface area (TPSA) is 66.4 Å². The highest BCUT2D eigenvalue weighted by Crippen LogP contribution is 2.55. The summed E-state index contributed by atoms with van der Waals surface area (Å²) in [6.45, 7) is 0. The molecule has 34 heavy (non-hydrogen) atoms. The van der Waals surface area contributed by atoms with Gasteiger partial charge in [-0.1, -0.05) is 72.8 Å². The molecule has 0 saturated carbocycles. The Morgan fingerprint density at radius 1 is 0.647 bits per heavy atom. The molecule has 0 spiro atoms. The van der Waals surface area contributed by atoms with Gasteiger partial charge in [-0.15, -0.1) is 0 Å². The zero-order valence-corrected chi connectivity index (χ0v) is 20.9. The maximum atomic E-state index is 12.9. The molecule has 1 amide bonds. The SMILES string of the molecule is O=C(N[C@H](C[P+](c1ccccc1)(c1ccccc1)c1ccccc1)C(=O)O)c1ccccc1.[Br-]. The van der Waals surface area contributed by atoms with E-state index in [0.29, 0.717) is 5.56 Å². The molecule has 6 heteroatoms. The Balaban J connectivity index is 0.00000324. The summed E-state index contributed by atoms with van der Waals surface area (Å²) in [6.07, 6.45) is 0.263. The van der Waals surface area contributed by atoms with E-state index in [4.69, 9.17) is 0 Å². The Kier molecular flexibility index (Phi) is 8.75. The molecule has 4 aromatic carbocycles. The first-order valence-corrected chi connectivity index (χ1v) is 12.7. The van der Waals surface area contributed by atoms with Gasteiger partial charge in [0.05, 0.1) is 0 Å². The maximum absolute atomic E-state index is 12.9. The van der Waals surface area contributed by atoms with Gasteiger partial charge in [0.15, 0.2) is 6.04 Å². The minimum absolute atomic E-state index is 0. The highest BCUT2D eigenvalue weighted by molar-refractivity contribution is 7.95. The van der Waals surface area contributed by atoms with Crippen molar-refractivity contribution < 1.29 is 31.7 Å². The number of hydrogen-bond acceptors (Lipinski definition) is 2. The van der Waals surface area contributed by atoms with Crippen LogP contribution in [0.25, 0.3) is 0 Å². The Bertz CT molecular complexity index is 1110. The lowest BCUT2D eigenvalue weighted by atomic mass is 10.2. The fourth-order valence-electron chi connectivity index (χ4n) is 4.10. The van der Waals surface area contributed by atoms with Gasteiger partial charge in [-0.3, -0.25) is 4.79 Å². The van der Waals surface area contributed by atoms with E-state index in [0.717, 1.165) is 15.9 Å². The lowest BCUT2D eigenvalue weighted by Crippen LogP contribution is -3.00. The summed E-state index contributed by atoms with van der Waals surface area (Å²) in [5.41, 5.74) is 0.437. The Morgan fingerprint density at radius 3 is 1.35 bits per heavy atom. The predicted molar refractivity (Wildman–Crippen MR) is 135 cm³/mol. The molecule has 0 aliphatic carbocycles. The second-order valence-corrected chi connectivity index (χ2v) is 11.3. The molecule has 0 aromatic heterocycles. The van der Waals surface area contributed by atoms with Gasteiger partial charge < -0.3 is 27.4 Å². The minimum Gasteiger partial charge on any atom is -1.00 e. The summed E-state index contributed by atoms with van der Waals surface area (Å²) in [5.74, 6) is -1.44. The summed E-state index contributed by atoms with van der Waals surface area (Å²) < 4.78 is 0. The summed E-state index contributed by atoms with van der Waals surface area (Å²) >= 11 is 0. The lowest BCUT2D eigenvalue weighted by Gasteiger charge is -2.30. The summed E-state index contributed by atoms with van der Waals surface area (Å²) in [6, 6.07) is 37.8. The summed E-state index contributed by atoms with van der Waals surface area (Å²) in [7, 11) is -2.41. The van der Waals surface area contributed by atoms with Crippen molar-refractivity contribution in [3.05, 3.63) is 127 Å². The summed E-state index contributed by atoms with van der Waals surface area (Å²) in [4.78, 5) is 25.3. The molecule has 0 heterocycles. The monoisotopic (exact) mass is 533 g/mol. The number of halogens is 1. The molecule has 0 bridgehead atoms. The second-order valence-electron chi connectivity index (χ2n) is 7.73. The van der Waals surface area contributed by atoms with Crippen LogP contribution in [-0.4, -0.2) is 29.2 Å². The Labute approximate surface area is 210 Å². The molecule has 0 aliphatic heterocycles. The fraction of sp³-hybridized carbons (Fsp3) is 0.0714. The van der Waals surface area contributed by atoms with E-state index in [1.54, 1.807) is 24.3 Å². The molecule has 0 fully saturated rings. The lowest BCUT2D eigenvalue weighted by molar-refractivity contribution is -0.138. The molecule has 4 nitrogen and oxygen atoms in total. The highest BCUT2D eigenvalue weighted by atomic mass is 79.9. The molecular weight excluding hydrogens is 509 g/mol. The molecule has 4 rings (SSSR count). The van der Waals surface area contributed by atoms with Gasteiger partial charge >= 0.3 is 5.97 Å². The van der Waals surface area contributed by atoms with Gasteiger partial charge in [-0.25, -0.2) is 4.79 Å². The average molecular weight is 534 g/mol. The van der Waals surface area contributed by atoms with Crippen molar-refractivity contribution in [2.45, 2.75) is 6.04 Å². The van der Waals surface area contributed by atoms with Gasteiger partial charge in [0.2, 0.25) is 0 Å². The maximum Gasteiger partial charge on any atom is 0.330 e. The summed E-state index contributed by atoms with van der Waals surface area (Å²) in [5, 5.41) is 16.2. The molecular formula is C28H25BrNO3P. The van der Waals surface area contributed by atoms with Crippen molar-refractivity contribution in [2.75, 3.05) is 6.16 Å². The third-order valence-corrected chi connectivity index (χ3v) is 10.1. The number of aliphatic carboxylic acids is 1.